The first-order chi connectivity index (χ1) is 14.6. The largest absolute Gasteiger partial charge is 0.506 e. The number of halogens is 1. The summed E-state index contributed by atoms with van der Waals surface area (Å²) in [5, 5.41) is 15.6. The first-order valence-corrected chi connectivity index (χ1v) is 9.92. The van der Waals surface area contributed by atoms with Gasteiger partial charge < -0.3 is 14.8 Å². The summed E-state index contributed by atoms with van der Waals surface area (Å²) in [5.41, 5.74) is 2.81. The van der Waals surface area contributed by atoms with E-state index in [0.717, 1.165) is 11.3 Å². The van der Waals surface area contributed by atoms with E-state index in [1.165, 1.54) is 0 Å². The second-order valence-electron chi connectivity index (χ2n) is 7.14. The predicted molar refractivity (Wildman–Crippen MR) is 119 cm³/mol. The van der Waals surface area contributed by atoms with E-state index in [9.17, 15) is 9.90 Å². The van der Waals surface area contributed by atoms with Gasteiger partial charge in [-0.3, -0.25) is 4.99 Å². The van der Waals surface area contributed by atoms with Crippen LogP contribution in [-0.4, -0.2) is 10.8 Å². The van der Waals surface area contributed by atoms with Crippen LogP contribution in [0.2, 0.25) is 5.02 Å². The minimum Gasteiger partial charge on any atom is -0.506 e. The molecule has 4 aromatic rings. The molecule has 0 radical (unpaired) electrons. The van der Waals surface area contributed by atoms with Crippen LogP contribution >= 0.6 is 11.6 Å². The quantitative estimate of drug-likeness (QED) is 0.403. The molecule has 5 nitrogen and oxygen atoms in total. The van der Waals surface area contributed by atoms with Gasteiger partial charge in [-0.1, -0.05) is 48.0 Å². The highest BCUT2D eigenvalue weighted by Gasteiger charge is 2.26. The zero-order chi connectivity index (χ0) is 20.7. The molecule has 0 fully saturated rings. The molecule has 0 spiro atoms. The summed E-state index contributed by atoms with van der Waals surface area (Å²) in [6.45, 7) is 0. The third-order valence-electron chi connectivity index (χ3n) is 5.23. The molecular formula is C24H17ClN2O3. The number of para-hydroxylation sites is 3. The molecule has 3 aromatic carbocycles. The van der Waals surface area contributed by atoms with Crippen molar-refractivity contribution in [1.82, 2.24) is 0 Å². The summed E-state index contributed by atoms with van der Waals surface area (Å²) in [7, 11) is 0. The van der Waals surface area contributed by atoms with Gasteiger partial charge in [0.25, 0.3) is 0 Å². The fraction of sp³-hybridized carbons (Fsp3) is 0.0833. The number of nitrogens with zero attached hydrogens (tertiary/aromatic N) is 1. The maximum Gasteiger partial charge on any atom is 0.349 e. The zero-order valence-electron chi connectivity index (χ0n) is 15.8. The van der Waals surface area contributed by atoms with Crippen LogP contribution in [0.5, 0.6) is 5.75 Å². The number of hydrogen-bond acceptors (Lipinski definition) is 5. The van der Waals surface area contributed by atoms with Gasteiger partial charge in [-0.25, -0.2) is 4.79 Å². The Labute approximate surface area is 177 Å². The van der Waals surface area contributed by atoms with Gasteiger partial charge in [-0.05, 0) is 42.0 Å². The van der Waals surface area contributed by atoms with Crippen molar-refractivity contribution in [2.24, 2.45) is 4.99 Å². The summed E-state index contributed by atoms with van der Waals surface area (Å²) in [6.07, 6.45) is 0.382. The number of benzene rings is 3. The molecule has 0 bridgehead atoms. The molecule has 1 aliphatic heterocycles. The number of aliphatic imine (C=N–C) groups is 1. The van der Waals surface area contributed by atoms with E-state index in [2.05, 4.69) is 5.32 Å². The van der Waals surface area contributed by atoms with Gasteiger partial charge in [0.2, 0.25) is 0 Å². The highest BCUT2D eigenvalue weighted by Crippen LogP contribution is 2.37. The van der Waals surface area contributed by atoms with Gasteiger partial charge in [-0.15, -0.1) is 0 Å². The van der Waals surface area contributed by atoms with Crippen LogP contribution in [0.3, 0.4) is 0 Å². The molecule has 2 heterocycles. The maximum absolute atomic E-state index is 12.8. The van der Waals surface area contributed by atoms with Crippen molar-refractivity contribution >= 4 is 39.7 Å². The predicted octanol–water partition coefficient (Wildman–Crippen LogP) is 5.83. The van der Waals surface area contributed by atoms with Gasteiger partial charge in [0.05, 0.1) is 28.5 Å². The average molecular weight is 417 g/mol. The van der Waals surface area contributed by atoms with E-state index < -0.39 is 5.63 Å². The minimum atomic E-state index is -0.612. The number of rotatable bonds is 2. The van der Waals surface area contributed by atoms with Crippen LogP contribution in [0.1, 0.15) is 23.6 Å². The average Bonchev–Trinajstić information content (AvgIpc) is 2.94. The van der Waals surface area contributed by atoms with Gasteiger partial charge >= 0.3 is 5.63 Å². The van der Waals surface area contributed by atoms with E-state index in [-0.39, 0.29) is 17.4 Å². The molecule has 1 aliphatic rings. The molecule has 0 aliphatic carbocycles. The smallest absolute Gasteiger partial charge is 0.349 e. The summed E-state index contributed by atoms with van der Waals surface area (Å²) in [4.78, 5) is 17.6. The van der Waals surface area contributed by atoms with E-state index in [0.29, 0.717) is 33.8 Å². The first kappa shape index (κ1) is 18.5. The summed E-state index contributed by atoms with van der Waals surface area (Å²) < 4.78 is 5.48. The Kier molecular flexibility index (Phi) is 4.52. The van der Waals surface area contributed by atoms with Gasteiger partial charge in [-0.2, -0.15) is 0 Å². The second-order valence-corrected chi connectivity index (χ2v) is 7.57. The second kappa shape index (κ2) is 7.35. The molecule has 6 heteroatoms. The zero-order valence-corrected chi connectivity index (χ0v) is 16.6. The fourth-order valence-corrected chi connectivity index (χ4v) is 3.88. The van der Waals surface area contributed by atoms with Crippen molar-refractivity contribution < 1.29 is 9.52 Å². The van der Waals surface area contributed by atoms with E-state index >= 15 is 0 Å². The number of nitrogens with one attached hydrogen (secondary N) is 1. The lowest BCUT2D eigenvalue weighted by atomic mass is 9.97. The first-order valence-electron chi connectivity index (χ1n) is 9.54. The van der Waals surface area contributed by atoms with Gasteiger partial charge in [0.1, 0.15) is 16.9 Å². The van der Waals surface area contributed by atoms with E-state index in [1.54, 1.807) is 24.3 Å². The normalized spacial score (nSPS) is 15.8. The van der Waals surface area contributed by atoms with Crippen molar-refractivity contribution in [1.29, 1.82) is 0 Å². The SMILES string of the molecule is O=c1oc2ccccc2c(O)c1C1=Nc2ccccc2NC(c2ccc(Cl)cc2)C1. The molecule has 30 heavy (non-hydrogen) atoms. The number of fused-ring (bicyclic) bond motifs is 2. The van der Waals surface area contributed by atoms with Crippen molar-refractivity contribution in [3.05, 3.63) is 99.4 Å². The van der Waals surface area contributed by atoms with Crippen molar-refractivity contribution in [3.8, 4) is 5.75 Å². The van der Waals surface area contributed by atoms with Crippen LogP contribution in [0.25, 0.3) is 11.0 Å². The molecule has 0 saturated carbocycles. The Bertz CT molecular complexity index is 1340. The molecule has 0 amide bonds. The third-order valence-corrected chi connectivity index (χ3v) is 5.49. The number of anilines is 1. The summed E-state index contributed by atoms with van der Waals surface area (Å²) >= 11 is 6.05. The summed E-state index contributed by atoms with van der Waals surface area (Å²) in [5.74, 6) is -0.116. The highest BCUT2D eigenvalue weighted by atomic mass is 35.5. The lowest BCUT2D eigenvalue weighted by Crippen LogP contribution is -2.19. The molecule has 148 valence electrons. The Morgan fingerprint density at radius 2 is 1.73 bits per heavy atom. The van der Waals surface area contributed by atoms with E-state index in [4.69, 9.17) is 21.0 Å². The number of hydrogen-bond donors (Lipinski definition) is 2. The molecule has 0 saturated heterocycles. The number of aromatic hydroxyl groups is 1. The lowest BCUT2D eigenvalue weighted by molar-refractivity contribution is 0.466. The monoisotopic (exact) mass is 416 g/mol. The Morgan fingerprint density at radius 1 is 1.00 bits per heavy atom. The van der Waals surface area contributed by atoms with Crippen LogP contribution in [0.15, 0.2) is 87.0 Å². The van der Waals surface area contributed by atoms with E-state index in [1.807, 2.05) is 48.5 Å². The van der Waals surface area contributed by atoms with Crippen molar-refractivity contribution in [3.63, 3.8) is 0 Å². The summed E-state index contributed by atoms with van der Waals surface area (Å²) in [6, 6.07) is 21.9. The van der Waals surface area contributed by atoms with Crippen LogP contribution in [0.4, 0.5) is 11.4 Å². The van der Waals surface area contributed by atoms with Crippen molar-refractivity contribution in [2.75, 3.05) is 5.32 Å². The lowest BCUT2D eigenvalue weighted by Gasteiger charge is -2.19. The molecule has 5 rings (SSSR count). The maximum atomic E-state index is 12.8. The Morgan fingerprint density at radius 3 is 2.57 bits per heavy atom. The van der Waals surface area contributed by atoms with Gasteiger partial charge in [0, 0.05) is 11.4 Å². The van der Waals surface area contributed by atoms with Gasteiger partial charge in [0.15, 0.2) is 0 Å². The topological polar surface area (TPSA) is 74.8 Å². The molecule has 2 N–H and O–H groups in total. The third kappa shape index (κ3) is 3.23. The molecule has 1 aromatic heterocycles. The Hall–Kier alpha value is -3.57. The fourth-order valence-electron chi connectivity index (χ4n) is 3.76. The highest BCUT2D eigenvalue weighted by molar-refractivity contribution is 6.30. The minimum absolute atomic E-state index is 0.0890. The molecule has 1 unspecified atom stereocenters. The van der Waals surface area contributed by atoms with Crippen LogP contribution in [0, 0.1) is 0 Å². The Balaban J connectivity index is 1.70. The van der Waals surface area contributed by atoms with Crippen LogP contribution < -0.4 is 10.9 Å². The molecular weight excluding hydrogens is 400 g/mol. The van der Waals surface area contributed by atoms with Crippen LogP contribution in [-0.2, 0) is 0 Å². The molecule has 1 atom stereocenters. The van der Waals surface area contributed by atoms with Crippen molar-refractivity contribution in [2.45, 2.75) is 12.5 Å². The standard InChI is InChI=1S/C24H17ClN2O3/c25-15-11-9-14(10-12-15)19-13-20(27-18-7-3-2-6-17(18)26-19)22-23(28)16-5-1-4-8-21(16)30-24(22)29/h1-12,19,26,28H,13H2.